The summed E-state index contributed by atoms with van der Waals surface area (Å²) in [6, 6.07) is 10.0. The van der Waals surface area contributed by atoms with Crippen molar-refractivity contribution in [3.63, 3.8) is 0 Å². The van der Waals surface area contributed by atoms with Gasteiger partial charge in [0.1, 0.15) is 17.2 Å². The third-order valence-electron chi connectivity index (χ3n) is 4.14. The van der Waals surface area contributed by atoms with Gasteiger partial charge >= 0.3 is 0 Å². The molecule has 0 aliphatic rings. The van der Waals surface area contributed by atoms with Gasteiger partial charge in [-0.15, -0.1) is 0 Å². The lowest BCUT2D eigenvalue weighted by molar-refractivity contribution is -0.116. The molecule has 0 saturated carbocycles. The highest BCUT2D eigenvalue weighted by Crippen LogP contribution is 2.30. The molecule has 0 saturated heterocycles. The van der Waals surface area contributed by atoms with Crippen LogP contribution in [0.1, 0.15) is 36.5 Å². The van der Waals surface area contributed by atoms with Gasteiger partial charge in [-0.25, -0.2) is 0 Å². The van der Waals surface area contributed by atoms with E-state index in [1.807, 2.05) is 6.92 Å². The molecule has 2 rings (SSSR count). The van der Waals surface area contributed by atoms with Gasteiger partial charge < -0.3 is 24.8 Å². The van der Waals surface area contributed by atoms with E-state index in [1.165, 1.54) is 14.2 Å². The number of carbonyl (C=O) groups is 2. The van der Waals surface area contributed by atoms with Crippen LogP contribution in [0.2, 0.25) is 0 Å². The predicted octanol–water partition coefficient (Wildman–Crippen LogP) is 4.09. The highest BCUT2D eigenvalue weighted by atomic mass is 16.5. The zero-order valence-corrected chi connectivity index (χ0v) is 16.6. The van der Waals surface area contributed by atoms with Crippen LogP contribution in [0.4, 0.5) is 11.4 Å². The molecule has 0 aromatic heterocycles. The molecule has 0 fully saturated rings. The number of amides is 2. The number of hydrogen-bond acceptors (Lipinski definition) is 5. The second kappa shape index (κ2) is 10.2. The summed E-state index contributed by atoms with van der Waals surface area (Å²) in [5.74, 6) is 1.06. The van der Waals surface area contributed by atoms with Crippen LogP contribution in [-0.4, -0.2) is 33.1 Å². The van der Waals surface area contributed by atoms with Crippen molar-refractivity contribution in [3.8, 4) is 17.2 Å². The van der Waals surface area contributed by atoms with Crippen molar-refractivity contribution in [3.05, 3.63) is 42.0 Å². The number of hydrogen-bond donors (Lipinski definition) is 2. The van der Waals surface area contributed by atoms with Crippen LogP contribution in [0.15, 0.2) is 36.4 Å². The first kappa shape index (κ1) is 21.1. The summed E-state index contributed by atoms with van der Waals surface area (Å²) in [6.45, 7) is 2.03. The van der Waals surface area contributed by atoms with E-state index in [2.05, 4.69) is 10.6 Å². The van der Waals surface area contributed by atoms with Gasteiger partial charge in [-0.2, -0.15) is 0 Å². The standard InChI is InChI=1S/C21H26N2O5/c1-5-6-7-20(24)23-17-11-8-14(12-19(17)28-4)22-21(25)16-10-9-15(26-2)13-18(16)27-3/h8-13H,5-7H2,1-4H3,(H,22,25)(H,23,24). The summed E-state index contributed by atoms with van der Waals surface area (Å²) in [5, 5.41) is 5.64. The predicted molar refractivity (Wildman–Crippen MR) is 109 cm³/mol. The lowest BCUT2D eigenvalue weighted by atomic mass is 10.1. The maximum absolute atomic E-state index is 12.6. The van der Waals surface area contributed by atoms with E-state index >= 15 is 0 Å². The third kappa shape index (κ3) is 5.39. The number of carbonyl (C=O) groups excluding carboxylic acids is 2. The van der Waals surface area contributed by atoms with Crippen LogP contribution in [0.25, 0.3) is 0 Å². The van der Waals surface area contributed by atoms with E-state index in [9.17, 15) is 9.59 Å². The van der Waals surface area contributed by atoms with Gasteiger partial charge in [0, 0.05) is 24.2 Å². The van der Waals surface area contributed by atoms with Crippen LogP contribution in [0, 0.1) is 0 Å². The Kier molecular flexibility index (Phi) is 7.68. The van der Waals surface area contributed by atoms with Crippen molar-refractivity contribution in [2.45, 2.75) is 26.2 Å². The van der Waals surface area contributed by atoms with Crippen molar-refractivity contribution in [2.75, 3.05) is 32.0 Å². The molecule has 7 heteroatoms. The molecule has 150 valence electrons. The fourth-order valence-electron chi connectivity index (χ4n) is 2.61. The van der Waals surface area contributed by atoms with Crippen LogP contribution in [0.5, 0.6) is 17.2 Å². The molecule has 2 amide bonds. The van der Waals surface area contributed by atoms with Gasteiger partial charge in [-0.3, -0.25) is 9.59 Å². The molecule has 2 N–H and O–H groups in total. The summed E-state index contributed by atoms with van der Waals surface area (Å²) in [5.41, 5.74) is 1.47. The lowest BCUT2D eigenvalue weighted by Gasteiger charge is -2.14. The van der Waals surface area contributed by atoms with Crippen LogP contribution < -0.4 is 24.8 Å². The van der Waals surface area contributed by atoms with Gasteiger partial charge in [0.2, 0.25) is 5.91 Å². The Morgan fingerprint density at radius 1 is 0.893 bits per heavy atom. The van der Waals surface area contributed by atoms with Crippen molar-refractivity contribution < 1.29 is 23.8 Å². The SMILES string of the molecule is CCCCC(=O)Nc1ccc(NC(=O)c2ccc(OC)cc2OC)cc1OC. The fraction of sp³-hybridized carbons (Fsp3) is 0.333. The number of unbranched alkanes of at least 4 members (excludes halogenated alkanes) is 1. The van der Waals surface area contributed by atoms with Crippen LogP contribution in [-0.2, 0) is 4.79 Å². The second-order valence-electron chi connectivity index (χ2n) is 6.09. The largest absolute Gasteiger partial charge is 0.497 e. The van der Waals surface area contributed by atoms with Crippen molar-refractivity contribution in [1.82, 2.24) is 0 Å². The van der Waals surface area contributed by atoms with Crippen molar-refractivity contribution >= 4 is 23.2 Å². The maximum Gasteiger partial charge on any atom is 0.259 e. The minimum atomic E-state index is -0.332. The summed E-state index contributed by atoms with van der Waals surface area (Å²) in [4.78, 5) is 24.6. The molecule has 0 unspecified atom stereocenters. The van der Waals surface area contributed by atoms with Crippen molar-refractivity contribution in [2.24, 2.45) is 0 Å². The molecular formula is C21H26N2O5. The Hall–Kier alpha value is -3.22. The Bertz CT molecular complexity index is 836. The lowest BCUT2D eigenvalue weighted by Crippen LogP contribution is -2.14. The number of ether oxygens (including phenoxy) is 3. The first-order valence-corrected chi connectivity index (χ1v) is 9.03. The fourth-order valence-corrected chi connectivity index (χ4v) is 2.61. The molecule has 28 heavy (non-hydrogen) atoms. The number of nitrogens with one attached hydrogen (secondary N) is 2. The molecular weight excluding hydrogens is 360 g/mol. The molecule has 2 aromatic rings. The number of rotatable bonds is 9. The van der Waals surface area contributed by atoms with Crippen molar-refractivity contribution in [1.29, 1.82) is 0 Å². The quantitative estimate of drug-likeness (QED) is 0.678. The molecule has 0 aliphatic carbocycles. The first-order valence-electron chi connectivity index (χ1n) is 9.03. The molecule has 0 heterocycles. The smallest absolute Gasteiger partial charge is 0.259 e. The molecule has 0 atom stereocenters. The van der Waals surface area contributed by atoms with E-state index in [-0.39, 0.29) is 11.8 Å². The van der Waals surface area contributed by atoms with Gasteiger partial charge in [0.25, 0.3) is 5.91 Å². The molecule has 2 aromatic carbocycles. The van der Waals surface area contributed by atoms with Crippen LogP contribution >= 0.6 is 0 Å². The van der Waals surface area contributed by atoms with E-state index < -0.39 is 0 Å². The van der Waals surface area contributed by atoms with Gasteiger partial charge in [0.15, 0.2) is 0 Å². The molecule has 0 aliphatic heterocycles. The normalized spacial score (nSPS) is 10.1. The monoisotopic (exact) mass is 386 g/mol. The maximum atomic E-state index is 12.6. The topological polar surface area (TPSA) is 85.9 Å². The molecule has 0 spiro atoms. The third-order valence-corrected chi connectivity index (χ3v) is 4.14. The highest BCUT2D eigenvalue weighted by Gasteiger charge is 2.15. The molecule has 0 radical (unpaired) electrons. The van der Waals surface area contributed by atoms with E-state index in [0.717, 1.165) is 12.8 Å². The summed E-state index contributed by atoms with van der Waals surface area (Å²) >= 11 is 0. The highest BCUT2D eigenvalue weighted by molar-refractivity contribution is 6.06. The average Bonchev–Trinajstić information content (AvgIpc) is 2.72. The average molecular weight is 386 g/mol. The van der Waals surface area contributed by atoms with E-state index in [1.54, 1.807) is 43.5 Å². The molecule has 0 bridgehead atoms. The van der Waals surface area contributed by atoms with Gasteiger partial charge in [-0.05, 0) is 30.7 Å². The zero-order chi connectivity index (χ0) is 20.5. The summed E-state index contributed by atoms with van der Waals surface area (Å²) in [7, 11) is 4.54. The number of benzene rings is 2. The minimum Gasteiger partial charge on any atom is -0.497 e. The Morgan fingerprint density at radius 3 is 2.29 bits per heavy atom. The Labute approximate surface area is 165 Å². The summed E-state index contributed by atoms with van der Waals surface area (Å²) < 4.78 is 15.8. The Balaban J connectivity index is 2.16. The molecule has 7 nitrogen and oxygen atoms in total. The van der Waals surface area contributed by atoms with Crippen LogP contribution in [0.3, 0.4) is 0 Å². The summed E-state index contributed by atoms with van der Waals surface area (Å²) in [6.07, 6.45) is 2.23. The number of methoxy groups -OCH3 is 3. The Morgan fingerprint density at radius 2 is 1.64 bits per heavy atom. The first-order chi connectivity index (χ1) is 13.5. The van der Waals surface area contributed by atoms with E-state index in [4.69, 9.17) is 14.2 Å². The number of anilines is 2. The minimum absolute atomic E-state index is 0.0695. The van der Waals surface area contributed by atoms with Gasteiger partial charge in [0.05, 0.1) is 32.6 Å². The van der Waals surface area contributed by atoms with Gasteiger partial charge in [-0.1, -0.05) is 13.3 Å². The van der Waals surface area contributed by atoms with E-state index in [0.29, 0.717) is 40.6 Å². The second-order valence-corrected chi connectivity index (χ2v) is 6.09. The zero-order valence-electron chi connectivity index (χ0n) is 16.6.